The molecule has 1 saturated heterocycles. The van der Waals surface area contributed by atoms with Gasteiger partial charge in [-0.2, -0.15) is 0 Å². The number of rotatable bonds is 3. The van der Waals surface area contributed by atoms with Gasteiger partial charge in [-0.15, -0.1) is 0 Å². The van der Waals surface area contributed by atoms with E-state index in [9.17, 15) is 14.7 Å². The molecule has 1 aromatic heterocycles. The second-order valence-corrected chi connectivity index (χ2v) is 7.95. The first-order chi connectivity index (χ1) is 12.8. The Bertz CT molecular complexity index is 996. The van der Waals surface area contributed by atoms with E-state index in [-0.39, 0.29) is 23.2 Å². The number of nitrogens with two attached hydrogens (primary N) is 1. The number of carboxylic acids is 1. The minimum atomic E-state index is -1.29. The highest BCUT2D eigenvalue weighted by molar-refractivity contribution is 5.95. The van der Waals surface area contributed by atoms with Crippen molar-refractivity contribution in [2.45, 2.75) is 51.7 Å². The minimum absolute atomic E-state index is 0.124. The molecule has 1 saturated carbocycles. The molecule has 2 unspecified atom stereocenters. The molecule has 0 radical (unpaired) electrons. The molecule has 144 valence electrons. The van der Waals surface area contributed by atoms with E-state index >= 15 is 4.39 Å². The highest BCUT2D eigenvalue weighted by atomic mass is 19.1. The summed E-state index contributed by atoms with van der Waals surface area (Å²) >= 11 is 0. The van der Waals surface area contributed by atoms with Gasteiger partial charge in [0.1, 0.15) is 11.4 Å². The van der Waals surface area contributed by atoms with Crippen LogP contribution in [-0.2, 0) is 0 Å². The van der Waals surface area contributed by atoms with Crippen LogP contribution < -0.4 is 16.1 Å². The van der Waals surface area contributed by atoms with Crippen LogP contribution >= 0.6 is 0 Å². The second kappa shape index (κ2) is 6.34. The van der Waals surface area contributed by atoms with Gasteiger partial charge in [0, 0.05) is 24.2 Å². The fourth-order valence-electron chi connectivity index (χ4n) is 4.25. The van der Waals surface area contributed by atoms with Gasteiger partial charge in [-0.3, -0.25) is 4.79 Å². The molecule has 1 aliphatic carbocycles. The highest BCUT2D eigenvalue weighted by Gasteiger charge is 2.32. The maximum absolute atomic E-state index is 15.1. The van der Waals surface area contributed by atoms with Crippen molar-refractivity contribution < 1.29 is 14.3 Å². The van der Waals surface area contributed by atoms with Gasteiger partial charge in [0.25, 0.3) is 0 Å². The molecule has 2 fully saturated rings. The van der Waals surface area contributed by atoms with Crippen molar-refractivity contribution >= 4 is 22.6 Å². The van der Waals surface area contributed by atoms with Crippen LogP contribution in [0.25, 0.3) is 10.9 Å². The van der Waals surface area contributed by atoms with Gasteiger partial charge in [-0.1, -0.05) is 6.92 Å². The summed E-state index contributed by atoms with van der Waals surface area (Å²) in [4.78, 5) is 26.1. The van der Waals surface area contributed by atoms with E-state index in [1.54, 1.807) is 6.92 Å². The first kappa shape index (κ1) is 18.0. The SMILES string of the molecule is Cc1c(N2CC(C)CCC2N)c(F)cc2c(=O)c(C(=O)O)cn(C3CC3)c12. The highest BCUT2D eigenvalue weighted by Crippen LogP contribution is 2.40. The van der Waals surface area contributed by atoms with Crippen molar-refractivity contribution in [3.05, 3.63) is 39.4 Å². The molecule has 1 aromatic carbocycles. The van der Waals surface area contributed by atoms with E-state index in [0.29, 0.717) is 29.2 Å². The maximum Gasteiger partial charge on any atom is 0.341 e. The van der Waals surface area contributed by atoms with Gasteiger partial charge in [0.05, 0.1) is 17.4 Å². The monoisotopic (exact) mass is 373 g/mol. The zero-order valence-corrected chi connectivity index (χ0v) is 15.5. The Hall–Kier alpha value is -2.41. The minimum Gasteiger partial charge on any atom is -0.477 e. The van der Waals surface area contributed by atoms with Crippen molar-refractivity contribution in [3.63, 3.8) is 0 Å². The molecule has 27 heavy (non-hydrogen) atoms. The maximum atomic E-state index is 15.1. The third-order valence-electron chi connectivity index (χ3n) is 5.80. The molecule has 4 rings (SSSR count). The largest absolute Gasteiger partial charge is 0.477 e. The third-order valence-corrected chi connectivity index (χ3v) is 5.80. The number of aromatic carboxylic acids is 1. The Labute approximate surface area is 156 Å². The molecular weight excluding hydrogens is 349 g/mol. The number of pyridine rings is 1. The van der Waals surface area contributed by atoms with Crippen LogP contribution in [0.1, 0.15) is 54.6 Å². The molecular formula is C20H24FN3O3. The summed E-state index contributed by atoms with van der Waals surface area (Å²) in [6, 6.07) is 1.34. The van der Waals surface area contributed by atoms with Crippen molar-refractivity contribution in [1.82, 2.24) is 4.57 Å². The Morgan fingerprint density at radius 1 is 1.30 bits per heavy atom. The number of carbonyl (C=O) groups is 1. The average Bonchev–Trinajstić information content (AvgIpc) is 3.43. The van der Waals surface area contributed by atoms with E-state index in [2.05, 4.69) is 6.92 Å². The number of benzene rings is 1. The predicted octanol–water partition coefficient (Wildman–Crippen LogP) is 3.00. The van der Waals surface area contributed by atoms with E-state index in [0.717, 1.165) is 25.7 Å². The Morgan fingerprint density at radius 2 is 2.00 bits per heavy atom. The second-order valence-electron chi connectivity index (χ2n) is 7.95. The molecule has 6 nitrogen and oxygen atoms in total. The normalized spacial score (nSPS) is 23.0. The fraction of sp³-hybridized carbons (Fsp3) is 0.500. The van der Waals surface area contributed by atoms with Crippen molar-refractivity contribution in [1.29, 1.82) is 0 Å². The number of hydrogen-bond donors (Lipinski definition) is 2. The van der Waals surface area contributed by atoms with Gasteiger partial charge in [-0.05, 0) is 50.2 Å². The van der Waals surface area contributed by atoms with Crippen LogP contribution in [0.15, 0.2) is 17.1 Å². The molecule has 2 atom stereocenters. The summed E-state index contributed by atoms with van der Waals surface area (Å²) in [6.07, 6.45) is 4.77. The average molecular weight is 373 g/mol. The van der Waals surface area contributed by atoms with Crippen molar-refractivity contribution in [3.8, 4) is 0 Å². The van der Waals surface area contributed by atoms with Gasteiger partial charge in [-0.25, -0.2) is 9.18 Å². The third kappa shape index (κ3) is 2.90. The number of piperidine rings is 1. The van der Waals surface area contributed by atoms with Crippen LogP contribution in [0.2, 0.25) is 0 Å². The molecule has 7 heteroatoms. The predicted molar refractivity (Wildman–Crippen MR) is 102 cm³/mol. The molecule has 0 spiro atoms. The fourth-order valence-corrected chi connectivity index (χ4v) is 4.25. The number of halogens is 1. The number of hydrogen-bond acceptors (Lipinski definition) is 4. The van der Waals surface area contributed by atoms with Gasteiger partial charge in [0.15, 0.2) is 0 Å². The van der Waals surface area contributed by atoms with Gasteiger partial charge < -0.3 is 20.3 Å². The number of nitrogens with zero attached hydrogens (tertiary/aromatic N) is 2. The van der Waals surface area contributed by atoms with E-state index in [1.165, 1.54) is 12.3 Å². The van der Waals surface area contributed by atoms with Gasteiger partial charge in [0.2, 0.25) is 5.43 Å². The quantitative estimate of drug-likeness (QED) is 0.863. The lowest BCUT2D eigenvalue weighted by Gasteiger charge is -2.39. The lowest BCUT2D eigenvalue weighted by atomic mass is 9.95. The van der Waals surface area contributed by atoms with Crippen LogP contribution in [0.4, 0.5) is 10.1 Å². The summed E-state index contributed by atoms with van der Waals surface area (Å²) in [5, 5.41) is 9.51. The molecule has 3 N–H and O–H groups in total. The summed E-state index contributed by atoms with van der Waals surface area (Å²) in [5.41, 5.74) is 7.01. The molecule has 1 aliphatic heterocycles. The number of anilines is 1. The topological polar surface area (TPSA) is 88.6 Å². The van der Waals surface area contributed by atoms with Crippen LogP contribution in [0.3, 0.4) is 0 Å². The van der Waals surface area contributed by atoms with Crippen LogP contribution in [-0.4, -0.2) is 28.4 Å². The van der Waals surface area contributed by atoms with Gasteiger partial charge >= 0.3 is 5.97 Å². The van der Waals surface area contributed by atoms with Crippen LogP contribution in [0, 0.1) is 18.7 Å². The summed E-state index contributed by atoms with van der Waals surface area (Å²) < 4.78 is 17.0. The Balaban J connectivity index is 2.01. The Kier molecular flexibility index (Phi) is 4.22. The van der Waals surface area contributed by atoms with Crippen LogP contribution in [0.5, 0.6) is 0 Å². The molecule has 2 aromatic rings. The molecule has 2 heterocycles. The molecule has 2 aliphatic rings. The zero-order chi connectivity index (χ0) is 19.5. The summed E-state index contributed by atoms with van der Waals surface area (Å²) in [6.45, 7) is 4.57. The lowest BCUT2D eigenvalue weighted by Crippen LogP contribution is -2.48. The van der Waals surface area contributed by atoms with Crippen molar-refractivity contribution in [2.24, 2.45) is 11.7 Å². The smallest absolute Gasteiger partial charge is 0.341 e. The molecule has 0 amide bonds. The number of carboxylic acid groups (broad SMARTS) is 1. The number of aromatic nitrogens is 1. The summed E-state index contributed by atoms with van der Waals surface area (Å²) in [5.74, 6) is -1.41. The lowest BCUT2D eigenvalue weighted by molar-refractivity contribution is 0.0695. The summed E-state index contributed by atoms with van der Waals surface area (Å²) in [7, 11) is 0. The standard InChI is InChI=1S/C20H24FN3O3/c1-10-3-6-16(22)24(8-10)18-11(2)17-13(7-15(18)21)19(25)14(20(26)27)9-23(17)12-4-5-12/h7,9-10,12,16H,3-6,8,22H2,1-2H3,(H,26,27). The van der Waals surface area contributed by atoms with Crippen molar-refractivity contribution in [2.75, 3.05) is 11.4 Å². The zero-order valence-electron chi connectivity index (χ0n) is 15.5. The van der Waals surface area contributed by atoms with E-state index in [4.69, 9.17) is 5.73 Å². The molecule has 0 bridgehead atoms. The first-order valence-electron chi connectivity index (χ1n) is 9.43. The Morgan fingerprint density at radius 3 is 2.63 bits per heavy atom. The number of fused-ring (bicyclic) bond motifs is 1. The van der Waals surface area contributed by atoms with E-state index in [1.807, 2.05) is 9.47 Å². The first-order valence-corrected chi connectivity index (χ1v) is 9.43. The number of aryl methyl sites for hydroxylation is 1. The van der Waals surface area contributed by atoms with E-state index < -0.39 is 17.2 Å².